The van der Waals surface area contributed by atoms with E-state index in [9.17, 15) is 4.79 Å². The molecule has 0 fully saturated rings. The Morgan fingerprint density at radius 2 is 1.76 bits per heavy atom. The van der Waals surface area contributed by atoms with E-state index in [-0.39, 0.29) is 11.2 Å². The first-order valence-electron chi connectivity index (χ1n) is 5.68. The van der Waals surface area contributed by atoms with E-state index in [4.69, 9.17) is 5.73 Å². The van der Waals surface area contributed by atoms with Crippen LogP contribution in [0.25, 0.3) is 11.3 Å². The molecule has 0 amide bonds. The van der Waals surface area contributed by atoms with Gasteiger partial charge >= 0.3 is 0 Å². The molecular formula is C14H16N2O. The van der Waals surface area contributed by atoms with Gasteiger partial charge in [-0.15, -0.1) is 0 Å². The van der Waals surface area contributed by atoms with E-state index in [1.807, 2.05) is 18.2 Å². The largest absolute Gasteiger partial charge is 0.394 e. The standard InChI is InChI=1S/C14H16N2O/c1-3-10-4-6-11(7-5-10)13-9-8-12(15)14(17)16(13)2/h4-9H,3,15H2,1-2H3. The molecule has 0 bridgehead atoms. The Hall–Kier alpha value is -2.03. The van der Waals surface area contributed by atoms with Crippen molar-refractivity contribution in [1.82, 2.24) is 4.57 Å². The smallest absolute Gasteiger partial charge is 0.273 e. The molecule has 0 aliphatic carbocycles. The number of aromatic nitrogens is 1. The van der Waals surface area contributed by atoms with Crippen LogP contribution >= 0.6 is 0 Å². The van der Waals surface area contributed by atoms with Crippen molar-refractivity contribution in [1.29, 1.82) is 0 Å². The van der Waals surface area contributed by atoms with Gasteiger partial charge in [0, 0.05) is 7.05 Å². The third kappa shape index (κ3) is 2.09. The molecule has 1 aromatic carbocycles. The first kappa shape index (κ1) is 11.5. The van der Waals surface area contributed by atoms with Crippen molar-refractivity contribution < 1.29 is 0 Å². The predicted octanol–water partition coefficient (Wildman–Crippen LogP) is 2.20. The van der Waals surface area contributed by atoms with Crippen molar-refractivity contribution in [2.24, 2.45) is 7.05 Å². The van der Waals surface area contributed by atoms with Crippen molar-refractivity contribution in [3.8, 4) is 11.3 Å². The minimum absolute atomic E-state index is 0.151. The number of pyridine rings is 1. The summed E-state index contributed by atoms with van der Waals surface area (Å²) in [4.78, 5) is 11.7. The molecule has 2 aromatic rings. The predicted molar refractivity (Wildman–Crippen MR) is 70.9 cm³/mol. The molecule has 3 heteroatoms. The fraction of sp³-hybridized carbons (Fsp3) is 0.214. The normalized spacial score (nSPS) is 10.5. The van der Waals surface area contributed by atoms with Crippen LogP contribution in [-0.4, -0.2) is 4.57 Å². The number of nitrogens with zero attached hydrogens (tertiary/aromatic N) is 1. The van der Waals surface area contributed by atoms with E-state index < -0.39 is 0 Å². The van der Waals surface area contributed by atoms with Crippen LogP contribution in [0.5, 0.6) is 0 Å². The summed E-state index contributed by atoms with van der Waals surface area (Å²) in [5.74, 6) is 0. The lowest BCUT2D eigenvalue weighted by atomic mass is 10.1. The Bertz CT molecular complexity index is 582. The van der Waals surface area contributed by atoms with E-state index in [0.29, 0.717) is 0 Å². The molecule has 3 nitrogen and oxygen atoms in total. The lowest BCUT2D eigenvalue weighted by molar-refractivity contribution is 0.874. The van der Waals surface area contributed by atoms with E-state index >= 15 is 0 Å². The molecular weight excluding hydrogens is 212 g/mol. The van der Waals surface area contributed by atoms with Gasteiger partial charge in [0.15, 0.2) is 0 Å². The first-order valence-corrected chi connectivity index (χ1v) is 5.68. The van der Waals surface area contributed by atoms with Crippen LogP contribution in [0.1, 0.15) is 12.5 Å². The maximum atomic E-state index is 11.7. The van der Waals surface area contributed by atoms with Gasteiger partial charge in [0.2, 0.25) is 0 Å². The zero-order valence-electron chi connectivity index (χ0n) is 10.1. The SMILES string of the molecule is CCc1ccc(-c2ccc(N)c(=O)n2C)cc1. The lowest BCUT2D eigenvalue weighted by Gasteiger charge is -2.09. The minimum Gasteiger partial charge on any atom is -0.394 e. The molecule has 0 saturated carbocycles. The summed E-state index contributed by atoms with van der Waals surface area (Å²) in [5, 5.41) is 0. The number of hydrogen-bond acceptors (Lipinski definition) is 2. The molecule has 0 saturated heterocycles. The van der Waals surface area contributed by atoms with Crippen LogP contribution in [0.4, 0.5) is 5.69 Å². The number of nitrogen functional groups attached to an aromatic ring is 1. The Kier molecular flexibility index (Phi) is 3.00. The summed E-state index contributed by atoms with van der Waals surface area (Å²) in [6.07, 6.45) is 1.01. The highest BCUT2D eigenvalue weighted by Crippen LogP contribution is 2.18. The zero-order chi connectivity index (χ0) is 12.4. The second-order valence-electron chi connectivity index (χ2n) is 4.09. The van der Waals surface area contributed by atoms with Crippen LogP contribution in [0.2, 0.25) is 0 Å². The minimum atomic E-state index is -0.151. The fourth-order valence-corrected chi connectivity index (χ4v) is 1.86. The van der Waals surface area contributed by atoms with Gasteiger partial charge in [0.1, 0.15) is 0 Å². The molecule has 2 rings (SSSR count). The van der Waals surface area contributed by atoms with Crippen LogP contribution in [0.3, 0.4) is 0 Å². The zero-order valence-corrected chi connectivity index (χ0v) is 10.1. The molecule has 1 heterocycles. The Morgan fingerprint density at radius 3 is 2.35 bits per heavy atom. The van der Waals surface area contributed by atoms with Gasteiger partial charge in [0.05, 0.1) is 11.4 Å². The van der Waals surface area contributed by atoms with Gasteiger partial charge in [-0.2, -0.15) is 0 Å². The monoisotopic (exact) mass is 228 g/mol. The number of hydrogen-bond donors (Lipinski definition) is 1. The molecule has 0 aliphatic heterocycles. The number of anilines is 1. The summed E-state index contributed by atoms with van der Waals surface area (Å²) >= 11 is 0. The molecule has 2 N–H and O–H groups in total. The summed E-state index contributed by atoms with van der Waals surface area (Å²) in [6, 6.07) is 11.8. The van der Waals surface area contributed by atoms with Gasteiger partial charge in [-0.3, -0.25) is 4.79 Å². The quantitative estimate of drug-likeness (QED) is 0.856. The molecule has 0 unspecified atom stereocenters. The summed E-state index contributed by atoms with van der Waals surface area (Å²) in [6.45, 7) is 2.12. The number of nitrogens with two attached hydrogens (primary N) is 1. The van der Waals surface area contributed by atoms with Gasteiger partial charge in [-0.05, 0) is 29.7 Å². The number of rotatable bonds is 2. The van der Waals surface area contributed by atoms with Crippen molar-refractivity contribution in [2.75, 3.05) is 5.73 Å². The second-order valence-corrected chi connectivity index (χ2v) is 4.09. The summed E-state index contributed by atoms with van der Waals surface area (Å²) in [5.41, 5.74) is 8.91. The Morgan fingerprint density at radius 1 is 1.12 bits per heavy atom. The van der Waals surface area contributed by atoms with E-state index in [1.54, 1.807) is 17.7 Å². The van der Waals surface area contributed by atoms with E-state index in [0.717, 1.165) is 17.7 Å². The van der Waals surface area contributed by atoms with Crippen molar-refractivity contribution in [3.05, 3.63) is 52.3 Å². The average molecular weight is 228 g/mol. The Labute approximate surface area is 101 Å². The van der Waals surface area contributed by atoms with Crippen molar-refractivity contribution >= 4 is 5.69 Å². The second kappa shape index (κ2) is 4.45. The molecule has 0 aliphatic rings. The Balaban J connectivity index is 2.53. The maximum Gasteiger partial charge on any atom is 0.273 e. The third-order valence-electron chi connectivity index (χ3n) is 2.99. The summed E-state index contributed by atoms with van der Waals surface area (Å²) in [7, 11) is 1.74. The average Bonchev–Trinajstić information content (AvgIpc) is 2.36. The first-order chi connectivity index (χ1) is 8.13. The van der Waals surface area contributed by atoms with Gasteiger partial charge in [0.25, 0.3) is 5.56 Å². The molecule has 17 heavy (non-hydrogen) atoms. The maximum absolute atomic E-state index is 11.7. The van der Waals surface area contributed by atoms with Crippen LogP contribution in [0.15, 0.2) is 41.2 Å². The number of benzene rings is 1. The fourth-order valence-electron chi connectivity index (χ4n) is 1.86. The highest BCUT2D eigenvalue weighted by atomic mass is 16.1. The molecule has 0 radical (unpaired) electrons. The van der Waals surface area contributed by atoms with Crippen LogP contribution in [0, 0.1) is 0 Å². The molecule has 1 aromatic heterocycles. The van der Waals surface area contributed by atoms with Gasteiger partial charge < -0.3 is 10.3 Å². The topological polar surface area (TPSA) is 48.0 Å². The van der Waals surface area contributed by atoms with E-state index in [2.05, 4.69) is 19.1 Å². The van der Waals surface area contributed by atoms with Crippen molar-refractivity contribution in [3.63, 3.8) is 0 Å². The molecule has 88 valence electrons. The molecule has 0 spiro atoms. The number of aryl methyl sites for hydroxylation is 1. The van der Waals surface area contributed by atoms with Gasteiger partial charge in [-0.25, -0.2) is 0 Å². The van der Waals surface area contributed by atoms with E-state index in [1.165, 1.54) is 5.56 Å². The lowest BCUT2D eigenvalue weighted by Crippen LogP contribution is -2.21. The summed E-state index contributed by atoms with van der Waals surface area (Å²) < 4.78 is 1.58. The highest BCUT2D eigenvalue weighted by molar-refractivity contribution is 5.61. The molecule has 0 atom stereocenters. The third-order valence-corrected chi connectivity index (χ3v) is 2.99. The van der Waals surface area contributed by atoms with Crippen LogP contribution in [-0.2, 0) is 13.5 Å². The van der Waals surface area contributed by atoms with Crippen LogP contribution < -0.4 is 11.3 Å². The highest BCUT2D eigenvalue weighted by Gasteiger charge is 2.05. The van der Waals surface area contributed by atoms with Crippen molar-refractivity contribution in [2.45, 2.75) is 13.3 Å². The van der Waals surface area contributed by atoms with Gasteiger partial charge in [-0.1, -0.05) is 31.2 Å².